The molecule has 1 aromatic carbocycles. The van der Waals surface area contributed by atoms with Crippen molar-refractivity contribution in [2.24, 2.45) is 5.41 Å². The highest BCUT2D eigenvalue weighted by Gasteiger charge is 2.44. The Morgan fingerprint density at radius 2 is 2.00 bits per heavy atom. The number of rotatable bonds is 3. The van der Waals surface area contributed by atoms with Crippen LogP contribution in [-0.2, 0) is 11.2 Å². The van der Waals surface area contributed by atoms with Gasteiger partial charge in [-0.05, 0) is 30.5 Å². The molecule has 1 aliphatic heterocycles. The van der Waals surface area contributed by atoms with Gasteiger partial charge in [0.25, 0.3) is 0 Å². The van der Waals surface area contributed by atoms with E-state index in [0.29, 0.717) is 5.41 Å². The van der Waals surface area contributed by atoms with Gasteiger partial charge in [0.05, 0.1) is 6.42 Å². The average Bonchev–Trinajstić information content (AvgIpc) is 2.75. The third-order valence-electron chi connectivity index (χ3n) is 4.35. The second-order valence-electron chi connectivity index (χ2n) is 5.80. The molecule has 1 aliphatic carbocycles. The largest absolute Gasteiger partial charge is 0.481 e. The van der Waals surface area contributed by atoms with Crippen molar-refractivity contribution in [3.63, 3.8) is 0 Å². The summed E-state index contributed by atoms with van der Waals surface area (Å²) in [6, 6.07) is 7.97. The summed E-state index contributed by atoms with van der Waals surface area (Å²) in [6.45, 7) is 2.31. The number of aliphatic carboxylic acids is 1. The summed E-state index contributed by atoms with van der Waals surface area (Å²) in [4.78, 5) is 13.1. The molecule has 18 heavy (non-hydrogen) atoms. The van der Waals surface area contributed by atoms with Crippen molar-refractivity contribution in [3.8, 4) is 0 Å². The molecule has 1 spiro atoms. The Kier molecular flexibility index (Phi) is 2.77. The topological polar surface area (TPSA) is 40.5 Å². The first-order valence-electron chi connectivity index (χ1n) is 6.73. The zero-order valence-electron chi connectivity index (χ0n) is 10.6. The van der Waals surface area contributed by atoms with Crippen molar-refractivity contribution in [1.29, 1.82) is 0 Å². The van der Waals surface area contributed by atoms with Crippen molar-refractivity contribution in [1.82, 2.24) is 0 Å². The molecule has 2 aliphatic rings. The summed E-state index contributed by atoms with van der Waals surface area (Å²) in [5.41, 5.74) is 2.67. The summed E-state index contributed by atoms with van der Waals surface area (Å²) in [5.74, 6) is -0.761. The van der Waals surface area contributed by atoms with Crippen LogP contribution < -0.4 is 4.90 Å². The molecule has 0 atom stereocenters. The lowest BCUT2D eigenvalue weighted by Gasteiger charge is -2.50. The first-order valence-corrected chi connectivity index (χ1v) is 6.73. The third-order valence-corrected chi connectivity index (χ3v) is 4.35. The van der Waals surface area contributed by atoms with E-state index in [9.17, 15) is 4.79 Å². The van der Waals surface area contributed by atoms with Crippen LogP contribution >= 0.6 is 0 Å². The number of hydrogen-bond donors (Lipinski definition) is 1. The van der Waals surface area contributed by atoms with Crippen LogP contribution in [0.5, 0.6) is 0 Å². The van der Waals surface area contributed by atoms with Gasteiger partial charge in [0.15, 0.2) is 0 Å². The van der Waals surface area contributed by atoms with E-state index in [2.05, 4.69) is 11.0 Å². The van der Waals surface area contributed by atoms with Crippen LogP contribution in [0.15, 0.2) is 24.3 Å². The lowest BCUT2D eigenvalue weighted by atomic mass is 9.78. The van der Waals surface area contributed by atoms with Crippen LogP contribution in [0.4, 0.5) is 5.69 Å². The van der Waals surface area contributed by atoms with Gasteiger partial charge in [-0.25, -0.2) is 0 Å². The summed E-state index contributed by atoms with van der Waals surface area (Å²) >= 11 is 0. The minimum Gasteiger partial charge on any atom is -0.481 e. The number of carboxylic acid groups (broad SMARTS) is 1. The Morgan fingerprint density at radius 1 is 1.28 bits per heavy atom. The van der Waals surface area contributed by atoms with Crippen LogP contribution in [0.3, 0.4) is 0 Å². The molecule has 0 unspecified atom stereocenters. The number of benzene rings is 1. The van der Waals surface area contributed by atoms with E-state index in [-0.39, 0.29) is 6.42 Å². The number of nitrogens with zero attached hydrogens (tertiary/aromatic N) is 1. The minimum atomic E-state index is -0.761. The highest BCUT2D eigenvalue weighted by molar-refractivity contribution is 5.71. The highest BCUT2D eigenvalue weighted by Crippen LogP contribution is 2.46. The molecule has 0 aromatic heterocycles. The summed E-state index contributed by atoms with van der Waals surface area (Å²) < 4.78 is 0. The Bertz CT molecular complexity index is 455. The van der Waals surface area contributed by atoms with E-state index in [1.807, 2.05) is 18.2 Å². The molecule has 3 heteroatoms. The lowest BCUT2D eigenvalue weighted by molar-refractivity contribution is -0.136. The first kappa shape index (κ1) is 11.6. The van der Waals surface area contributed by atoms with Gasteiger partial charge in [0.2, 0.25) is 0 Å². The number of anilines is 1. The van der Waals surface area contributed by atoms with Crippen molar-refractivity contribution in [2.45, 2.75) is 32.1 Å². The van der Waals surface area contributed by atoms with E-state index in [0.717, 1.165) is 18.7 Å². The normalized spacial score (nSPS) is 21.0. The fourth-order valence-corrected chi connectivity index (χ4v) is 3.42. The van der Waals surface area contributed by atoms with Crippen LogP contribution in [0, 0.1) is 5.41 Å². The van der Waals surface area contributed by atoms with Crippen LogP contribution in [0.2, 0.25) is 0 Å². The molecule has 1 heterocycles. The fourth-order valence-electron chi connectivity index (χ4n) is 3.42. The van der Waals surface area contributed by atoms with Gasteiger partial charge in [-0.2, -0.15) is 0 Å². The van der Waals surface area contributed by atoms with Crippen LogP contribution in [0.1, 0.15) is 31.2 Å². The number of carboxylic acids is 1. The van der Waals surface area contributed by atoms with Crippen molar-refractivity contribution < 1.29 is 9.90 Å². The SMILES string of the molecule is O=C(O)Cc1cccc(N2CC3(CCCC3)C2)c1. The van der Waals surface area contributed by atoms with Crippen molar-refractivity contribution in [3.05, 3.63) is 29.8 Å². The quantitative estimate of drug-likeness (QED) is 0.890. The van der Waals surface area contributed by atoms with Crippen molar-refractivity contribution >= 4 is 11.7 Å². The van der Waals surface area contributed by atoms with Crippen LogP contribution in [-0.4, -0.2) is 24.2 Å². The molecule has 1 N–H and O–H groups in total. The van der Waals surface area contributed by atoms with Crippen molar-refractivity contribution in [2.75, 3.05) is 18.0 Å². The molecule has 0 bridgehead atoms. The van der Waals surface area contributed by atoms with Gasteiger partial charge in [0, 0.05) is 24.2 Å². The molecule has 0 amide bonds. The van der Waals surface area contributed by atoms with Gasteiger partial charge in [-0.15, -0.1) is 0 Å². The standard InChI is InChI=1S/C15H19NO2/c17-14(18)9-12-4-3-5-13(8-12)16-10-15(11-16)6-1-2-7-15/h3-5,8H,1-2,6-7,9-11H2,(H,17,18). The monoisotopic (exact) mass is 245 g/mol. The van der Waals surface area contributed by atoms with E-state index in [4.69, 9.17) is 5.11 Å². The molecule has 3 nitrogen and oxygen atoms in total. The third kappa shape index (κ3) is 2.09. The zero-order chi connectivity index (χ0) is 12.6. The zero-order valence-corrected chi connectivity index (χ0v) is 10.6. The van der Waals surface area contributed by atoms with Gasteiger partial charge < -0.3 is 10.0 Å². The van der Waals surface area contributed by atoms with E-state index in [1.165, 1.54) is 31.4 Å². The molecule has 1 aromatic rings. The van der Waals surface area contributed by atoms with E-state index >= 15 is 0 Å². The molecule has 2 fully saturated rings. The molecular formula is C15H19NO2. The maximum Gasteiger partial charge on any atom is 0.307 e. The smallest absolute Gasteiger partial charge is 0.307 e. The summed E-state index contributed by atoms with van der Waals surface area (Å²) in [6.07, 6.45) is 5.63. The Labute approximate surface area is 107 Å². The van der Waals surface area contributed by atoms with E-state index < -0.39 is 5.97 Å². The van der Waals surface area contributed by atoms with Crippen LogP contribution in [0.25, 0.3) is 0 Å². The molecular weight excluding hydrogens is 226 g/mol. The highest BCUT2D eigenvalue weighted by atomic mass is 16.4. The van der Waals surface area contributed by atoms with Gasteiger partial charge in [-0.3, -0.25) is 4.79 Å². The maximum absolute atomic E-state index is 10.7. The second-order valence-corrected chi connectivity index (χ2v) is 5.80. The molecule has 96 valence electrons. The fraction of sp³-hybridized carbons (Fsp3) is 0.533. The Morgan fingerprint density at radius 3 is 2.67 bits per heavy atom. The number of carbonyl (C=O) groups is 1. The first-order chi connectivity index (χ1) is 8.67. The Hall–Kier alpha value is -1.51. The predicted molar refractivity (Wildman–Crippen MR) is 70.9 cm³/mol. The molecule has 0 radical (unpaired) electrons. The van der Waals surface area contributed by atoms with Gasteiger partial charge in [-0.1, -0.05) is 25.0 Å². The van der Waals surface area contributed by atoms with Gasteiger partial charge >= 0.3 is 5.97 Å². The number of hydrogen-bond acceptors (Lipinski definition) is 2. The molecule has 1 saturated carbocycles. The van der Waals surface area contributed by atoms with E-state index in [1.54, 1.807) is 0 Å². The lowest BCUT2D eigenvalue weighted by Crippen LogP contribution is -2.55. The molecule has 1 saturated heterocycles. The summed E-state index contributed by atoms with van der Waals surface area (Å²) in [5, 5.41) is 8.82. The second kappa shape index (κ2) is 4.30. The maximum atomic E-state index is 10.7. The average molecular weight is 245 g/mol. The minimum absolute atomic E-state index is 0.118. The summed E-state index contributed by atoms with van der Waals surface area (Å²) in [7, 11) is 0. The van der Waals surface area contributed by atoms with Gasteiger partial charge in [0.1, 0.15) is 0 Å². The molecule has 3 rings (SSSR count). The predicted octanol–water partition coefficient (Wildman–Crippen LogP) is 2.69. The Balaban J connectivity index is 1.68.